The minimum absolute atomic E-state index is 0.0642. The molecule has 3 aromatic rings. The van der Waals surface area contributed by atoms with Gasteiger partial charge in [0, 0.05) is 18.7 Å². The van der Waals surface area contributed by atoms with Gasteiger partial charge < -0.3 is 19.3 Å². The number of piperidine rings is 1. The van der Waals surface area contributed by atoms with Crippen LogP contribution in [0.5, 0.6) is 5.75 Å². The van der Waals surface area contributed by atoms with Crippen LogP contribution in [0, 0.1) is 0 Å². The molecule has 1 atom stereocenters. The first-order valence-corrected chi connectivity index (χ1v) is 12.5. The SMILES string of the molecule is O=C(COc1ccccc1)N1CCCC[C@@H]1c1nc(-c2ccc(S(=O)(=O)NCCO)cc2)no1. The molecule has 0 unspecified atom stereocenters. The molecule has 1 aliphatic heterocycles. The summed E-state index contributed by atoms with van der Waals surface area (Å²) >= 11 is 0. The Morgan fingerprint density at radius 1 is 1.15 bits per heavy atom. The van der Waals surface area contributed by atoms with E-state index in [2.05, 4.69) is 14.9 Å². The van der Waals surface area contributed by atoms with Gasteiger partial charge >= 0.3 is 0 Å². The van der Waals surface area contributed by atoms with Crippen LogP contribution in [0.25, 0.3) is 11.4 Å². The quantitative estimate of drug-likeness (QED) is 0.470. The summed E-state index contributed by atoms with van der Waals surface area (Å²) in [5.41, 5.74) is 0.581. The number of rotatable bonds is 9. The Bertz CT molecular complexity index is 1200. The van der Waals surface area contributed by atoms with Gasteiger partial charge in [-0.3, -0.25) is 4.79 Å². The van der Waals surface area contributed by atoms with E-state index in [0.717, 1.165) is 12.8 Å². The molecule has 0 spiro atoms. The van der Waals surface area contributed by atoms with Crippen LogP contribution in [-0.2, 0) is 14.8 Å². The predicted octanol–water partition coefficient (Wildman–Crippen LogP) is 2.14. The van der Waals surface area contributed by atoms with E-state index >= 15 is 0 Å². The molecule has 1 saturated heterocycles. The Kier molecular flexibility index (Phi) is 7.56. The number of para-hydroxylation sites is 1. The van der Waals surface area contributed by atoms with Gasteiger partial charge in [0.15, 0.2) is 6.61 Å². The first-order chi connectivity index (χ1) is 16.5. The number of benzene rings is 2. The highest BCUT2D eigenvalue weighted by Gasteiger charge is 2.32. The molecule has 1 amide bonds. The summed E-state index contributed by atoms with van der Waals surface area (Å²) in [6.45, 7) is 0.141. The van der Waals surface area contributed by atoms with Crippen LogP contribution in [0.4, 0.5) is 0 Å². The predicted molar refractivity (Wildman–Crippen MR) is 122 cm³/mol. The van der Waals surface area contributed by atoms with Crippen molar-refractivity contribution in [3.05, 3.63) is 60.5 Å². The van der Waals surface area contributed by atoms with E-state index < -0.39 is 10.0 Å². The van der Waals surface area contributed by atoms with Gasteiger partial charge in [0.2, 0.25) is 21.7 Å². The normalized spacial score (nSPS) is 16.4. The third-order valence-corrected chi connectivity index (χ3v) is 6.96. The number of aliphatic hydroxyl groups excluding tert-OH is 1. The van der Waals surface area contributed by atoms with Gasteiger partial charge in [-0.15, -0.1) is 0 Å². The summed E-state index contributed by atoms with van der Waals surface area (Å²) in [6.07, 6.45) is 2.51. The Hall–Kier alpha value is -3.28. The van der Waals surface area contributed by atoms with Crippen molar-refractivity contribution in [2.75, 3.05) is 26.3 Å². The topological polar surface area (TPSA) is 135 Å². The number of carbonyl (C=O) groups is 1. The average Bonchev–Trinajstić information content (AvgIpc) is 3.37. The van der Waals surface area contributed by atoms with Crippen LogP contribution < -0.4 is 9.46 Å². The number of sulfonamides is 1. The van der Waals surface area contributed by atoms with Crippen molar-refractivity contribution in [1.29, 1.82) is 0 Å². The van der Waals surface area contributed by atoms with Crippen molar-refractivity contribution in [1.82, 2.24) is 19.8 Å². The second-order valence-electron chi connectivity index (χ2n) is 7.80. The van der Waals surface area contributed by atoms with Crippen molar-refractivity contribution in [2.45, 2.75) is 30.2 Å². The highest BCUT2D eigenvalue weighted by molar-refractivity contribution is 7.89. The van der Waals surface area contributed by atoms with Crippen LogP contribution in [-0.4, -0.2) is 60.8 Å². The number of hydrogen-bond acceptors (Lipinski definition) is 8. The van der Waals surface area contributed by atoms with Crippen molar-refractivity contribution < 1.29 is 27.6 Å². The lowest BCUT2D eigenvalue weighted by Gasteiger charge is -2.33. The van der Waals surface area contributed by atoms with Gasteiger partial charge in [-0.05, 0) is 55.7 Å². The maximum absolute atomic E-state index is 12.9. The zero-order valence-electron chi connectivity index (χ0n) is 18.5. The fraction of sp³-hybridized carbons (Fsp3) is 0.348. The highest BCUT2D eigenvalue weighted by atomic mass is 32.2. The van der Waals surface area contributed by atoms with Crippen molar-refractivity contribution in [3.8, 4) is 17.1 Å². The van der Waals surface area contributed by atoms with E-state index in [1.54, 1.807) is 29.2 Å². The van der Waals surface area contributed by atoms with Crippen LogP contribution in [0.2, 0.25) is 0 Å². The number of amides is 1. The van der Waals surface area contributed by atoms with E-state index in [0.29, 0.717) is 36.0 Å². The first-order valence-electron chi connectivity index (χ1n) is 11.0. The molecule has 34 heavy (non-hydrogen) atoms. The van der Waals surface area contributed by atoms with Crippen molar-refractivity contribution in [2.24, 2.45) is 0 Å². The van der Waals surface area contributed by atoms with Gasteiger partial charge in [-0.2, -0.15) is 4.98 Å². The van der Waals surface area contributed by atoms with Crippen LogP contribution >= 0.6 is 0 Å². The second kappa shape index (κ2) is 10.8. The molecule has 10 nitrogen and oxygen atoms in total. The molecule has 0 aliphatic carbocycles. The standard InChI is InChI=1S/C23H26N4O6S/c28-15-13-24-34(30,31)19-11-9-17(10-12-19)22-25-23(33-26-22)20-8-4-5-14-27(20)21(29)16-32-18-6-2-1-3-7-18/h1-3,6-7,9-12,20,24,28H,4-5,8,13-16H2/t20-/m1/s1. The fourth-order valence-electron chi connectivity index (χ4n) is 3.77. The van der Waals surface area contributed by atoms with Gasteiger partial charge in [0.25, 0.3) is 5.91 Å². The number of hydrogen-bond donors (Lipinski definition) is 2. The lowest BCUT2D eigenvalue weighted by molar-refractivity contribution is -0.138. The Morgan fingerprint density at radius 3 is 2.65 bits per heavy atom. The molecule has 0 bridgehead atoms. The van der Waals surface area contributed by atoms with Crippen LogP contribution in [0.3, 0.4) is 0 Å². The molecule has 0 saturated carbocycles. The van der Waals surface area contributed by atoms with Gasteiger partial charge in [0.1, 0.15) is 11.8 Å². The number of aliphatic hydroxyl groups is 1. The van der Waals surface area contributed by atoms with E-state index in [1.165, 1.54) is 12.1 Å². The zero-order valence-corrected chi connectivity index (χ0v) is 19.3. The number of nitrogens with one attached hydrogen (secondary N) is 1. The molecule has 4 rings (SSSR count). The summed E-state index contributed by atoms with van der Waals surface area (Å²) in [5, 5.41) is 12.9. The molecular weight excluding hydrogens is 460 g/mol. The molecule has 0 radical (unpaired) electrons. The molecule has 2 aromatic carbocycles. The minimum Gasteiger partial charge on any atom is -0.484 e. The smallest absolute Gasteiger partial charge is 0.261 e. The largest absolute Gasteiger partial charge is 0.484 e. The number of ether oxygens (including phenoxy) is 1. The molecule has 2 N–H and O–H groups in total. The van der Waals surface area contributed by atoms with Crippen molar-refractivity contribution >= 4 is 15.9 Å². The summed E-state index contributed by atoms with van der Waals surface area (Å²) in [5.74, 6) is 1.12. The third kappa shape index (κ3) is 5.61. The van der Waals surface area contributed by atoms with Crippen LogP contribution in [0.1, 0.15) is 31.2 Å². The molecule has 1 aromatic heterocycles. The summed E-state index contributed by atoms with van der Waals surface area (Å²) in [7, 11) is -3.71. The molecule has 1 fully saturated rings. The molecule has 180 valence electrons. The minimum atomic E-state index is -3.71. The van der Waals surface area contributed by atoms with E-state index in [9.17, 15) is 13.2 Å². The number of likely N-dealkylation sites (tertiary alicyclic amines) is 1. The average molecular weight is 487 g/mol. The summed E-state index contributed by atoms with van der Waals surface area (Å²) in [4.78, 5) is 19.1. The first kappa shape index (κ1) is 23.9. The highest BCUT2D eigenvalue weighted by Crippen LogP contribution is 2.31. The molecule has 11 heteroatoms. The Labute approximate surface area is 197 Å². The van der Waals surface area contributed by atoms with Gasteiger partial charge in [-0.25, -0.2) is 13.1 Å². The van der Waals surface area contributed by atoms with E-state index in [-0.39, 0.29) is 36.6 Å². The van der Waals surface area contributed by atoms with Gasteiger partial charge in [-0.1, -0.05) is 23.4 Å². The lowest BCUT2D eigenvalue weighted by Crippen LogP contribution is -2.41. The summed E-state index contributed by atoms with van der Waals surface area (Å²) in [6, 6.07) is 14.8. The zero-order chi connectivity index (χ0) is 24.0. The van der Waals surface area contributed by atoms with E-state index in [1.807, 2.05) is 18.2 Å². The number of nitrogens with zero attached hydrogens (tertiary/aromatic N) is 3. The number of aromatic nitrogens is 2. The molecular formula is C23H26N4O6S. The Morgan fingerprint density at radius 2 is 1.91 bits per heavy atom. The van der Waals surface area contributed by atoms with E-state index in [4.69, 9.17) is 14.4 Å². The Balaban J connectivity index is 1.46. The second-order valence-corrected chi connectivity index (χ2v) is 9.57. The third-order valence-electron chi connectivity index (χ3n) is 5.48. The number of carbonyl (C=O) groups excluding carboxylic acids is 1. The maximum Gasteiger partial charge on any atom is 0.261 e. The fourth-order valence-corrected chi connectivity index (χ4v) is 4.79. The monoisotopic (exact) mass is 486 g/mol. The lowest BCUT2D eigenvalue weighted by atomic mass is 10.0. The molecule has 2 heterocycles. The summed E-state index contributed by atoms with van der Waals surface area (Å²) < 4.78 is 37.8. The molecule has 1 aliphatic rings. The van der Waals surface area contributed by atoms with Crippen molar-refractivity contribution in [3.63, 3.8) is 0 Å². The maximum atomic E-state index is 12.9. The van der Waals surface area contributed by atoms with Crippen LogP contribution in [0.15, 0.2) is 64.0 Å². The van der Waals surface area contributed by atoms with Gasteiger partial charge in [0.05, 0.1) is 11.5 Å².